The molecule has 2 aromatic rings. The molecule has 0 spiro atoms. The second-order valence-corrected chi connectivity index (χ2v) is 7.59. The Morgan fingerprint density at radius 3 is 2.68 bits per heavy atom. The molecule has 132 valence electrons. The van der Waals surface area contributed by atoms with Crippen molar-refractivity contribution in [3.8, 4) is 5.75 Å². The molecule has 3 nitrogen and oxygen atoms in total. The molecule has 25 heavy (non-hydrogen) atoms. The average Bonchev–Trinajstić information content (AvgIpc) is 3.19. The van der Waals surface area contributed by atoms with E-state index in [4.69, 9.17) is 4.74 Å². The molecule has 4 rings (SSSR count). The predicted octanol–water partition coefficient (Wildman–Crippen LogP) is 4.50. The van der Waals surface area contributed by atoms with Gasteiger partial charge in [0.25, 0.3) is 0 Å². The molecule has 0 radical (unpaired) electrons. The fourth-order valence-electron chi connectivity index (χ4n) is 4.45. The molecule has 0 bridgehead atoms. The summed E-state index contributed by atoms with van der Waals surface area (Å²) in [6, 6.07) is 15.4. The first-order chi connectivity index (χ1) is 12.1. The lowest BCUT2D eigenvalue weighted by atomic mass is 9.98. The van der Waals surface area contributed by atoms with Crippen LogP contribution in [-0.4, -0.2) is 28.8 Å². The van der Waals surface area contributed by atoms with Crippen LogP contribution in [0, 0.1) is 13.8 Å². The minimum atomic E-state index is 0.145. The highest BCUT2D eigenvalue weighted by Crippen LogP contribution is 2.41. The number of phenols is 1. The van der Waals surface area contributed by atoms with E-state index in [0.717, 1.165) is 13.2 Å². The minimum Gasteiger partial charge on any atom is -0.508 e. The van der Waals surface area contributed by atoms with Gasteiger partial charge in [-0.1, -0.05) is 35.9 Å². The lowest BCUT2D eigenvalue weighted by Crippen LogP contribution is -2.33. The average molecular weight is 337 g/mol. The highest BCUT2D eigenvalue weighted by molar-refractivity contribution is 5.31. The van der Waals surface area contributed by atoms with Crippen LogP contribution < -0.4 is 0 Å². The fourth-order valence-corrected chi connectivity index (χ4v) is 4.45. The Balaban J connectivity index is 1.41. The van der Waals surface area contributed by atoms with E-state index in [9.17, 15) is 5.11 Å². The Morgan fingerprint density at radius 1 is 1.08 bits per heavy atom. The van der Waals surface area contributed by atoms with Gasteiger partial charge in [-0.3, -0.25) is 4.90 Å². The Kier molecular flexibility index (Phi) is 4.53. The van der Waals surface area contributed by atoms with Gasteiger partial charge in [-0.15, -0.1) is 0 Å². The van der Waals surface area contributed by atoms with E-state index in [2.05, 4.69) is 36.9 Å². The molecule has 0 aliphatic carbocycles. The monoisotopic (exact) mass is 337 g/mol. The molecule has 0 unspecified atom stereocenters. The standard InChI is InChI=1S/C22H27NO2/c1-15-3-4-16(2)18(13-15)5-8-19-9-12-21-22(25-14-23(19)21)17-6-10-20(24)11-7-17/h3-4,6-7,10-11,13,19,21-22,24H,5,8-9,12,14H2,1-2H3/t19-,21+,22+/m1/s1. The molecule has 2 fully saturated rings. The van der Waals surface area contributed by atoms with Crippen molar-refractivity contribution in [2.75, 3.05) is 6.73 Å². The van der Waals surface area contributed by atoms with Crippen LogP contribution in [0.3, 0.4) is 0 Å². The van der Waals surface area contributed by atoms with E-state index in [1.165, 1.54) is 41.5 Å². The van der Waals surface area contributed by atoms with Crippen LogP contribution in [0.25, 0.3) is 0 Å². The summed E-state index contributed by atoms with van der Waals surface area (Å²) in [5.74, 6) is 0.316. The van der Waals surface area contributed by atoms with Crippen LogP contribution in [0.5, 0.6) is 5.75 Å². The molecule has 2 aromatic carbocycles. The summed E-state index contributed by atoms with van der Waals surface area (Å²) >= 11 is 0. The zero-order valence-electron chi connectivity index (χ0n) is 15.1. The van der Waals surface area contributed by atoms with Crippen molar-refractivity contribution in [3.05, 3.63) is 64.7 Å². The summed E-state index contributed by atoms with van der Waals surface area (Å²) in [4.78, 5) is 2.56. The molecule has 2 heterocycles. The number of ether oxygens (including phenoxy) is 1. The van der Waals surface area contributed by atoms with E-state index in [-0.39, 0.29) is 6.10 Å². The Labute approximate surface area is 150 Å². The third kappa shape index (κ3) is 3.31. The smallest absolute Gasteiger partial charge is 0.115 e. The number of phenolic OH excluding ortho intramolecular Hbond substituents is 1. The van der Waals surface area contributed by atoms with Crippen molar-refractivity contribution >= 4 is 0 Å². The van der Waals surface area contributed by atoms with Crippen molar-refractivity contribution in [1.29, 1.82) is 0 Å². The molecule has 3 atom stereocenters. The van der Waals surface area contributed by atoms with Crippen molar-refractivity contribution in [2.24, 2.45) is 0 Å². The maximum Gasteiger partial charge on any atom is 0.115 e. The number of fused-ring (bicyclic) bond motifs is 1. The zero-order valence-corrected chi connectivity index (χ0v) is 15.1. The van der Waals surface area contributed by atoms with Crippen LogP contribution in [0.2, 0.25) is 0 Å². The van der Waals surface area contributed by atoms with Crippen LogP contribution in [0.4, 0.5) is 0 Å². The molecule has 1 N–H and O–H groups in total. The number of benzene rings is 2. The molecule has 2 saturated heterocycles. The number of rotatable bonds is 4. The number of hydrogen-bond acceptors (Lipinski definition) is 3. The lowest BCUT2D eigenvalue weighted by Gasteiger charge is -2.23. The summed E-state index contributed by atoms with van der Waals surface area (Å²) < 4.78 is 6.12. The van der Waals surface area contributed by atoms with Gasteiger partial charge in [0.05, 0.1) is 6.10 Å². The molecule has 0 aromatic heterocycles. The van der Waals surface area contributed by atoms with E-state index >= 15 is 0 Å². The molecular weight excluding hydrogens is 310 g/mol. The molecular formula is C22H27NO2. The van der Waals surface area contributed by atoms with Crippen molar-refractivity contribution < 1.29 is 9.84 Å². The van der Waals surface area contributed by atoms with Gasteiger partial charge in [0.2, 0.25) is 0 Å². The SMILES string of the molecule is Cc1ccc(C)c(CC[C@@H]2CC[C@H]3[C@H](c4ccc(O)cc4)OCN23)c1. The van der Waals surface area contributed by atoms with Gasteiger partial charge >= 0.3 is 0 Å². The lowest BCUT2D eigenvalue weighted by molar-refractivity contribution is 0.0734. The second kappa shape index (κ2) is 6.81. The summed E-state index contributed by atoms with van der Waals surface area (Å²) in [5.41, 5.74) is 5.42. The summed E-state index contributed by atoms with van der Waals surface area (Å²) in [6.45, 7) is 5.12. The van der Waals surface area contributed by atoms with Gasteiger partial charge in [0.1, 0.15) is 12.5 Å². The Bertz CT molecular complexity index is 740. The number of hydrogen-bond donors (Lipinski definition) is 1. The fraction of sp³-hybridized carbons (Fsp3) is 0.455. The van der Waals surface area contributed by atoms with Crippen LogP contribution in [0.1, 0.15) is 47.6 Å². The maximum absolute atomic E-state index is 9.50. The Hall–Kier alpha value is -1.84. The van der Waals surface area contributed by atoms with E-state index in [0.29, 0.717) is 17.8 Å². The maximum atomic E-state index is 9.50. The highest BCUT2D eigenvalue weighted by Gasteiger charge is 2.43. The summed E-state index contributed by atoms with van der Waals surface area (Å²) in [7, 11) is 0. The van der Waals surface area contributed by atoms with E-state index < -0.39 is 0 Å². The van der Waals surface area contributed by atoms with E-state index in [1.54, 1.807) is 12.1 Å². The van der Waals surface area contributed by atoms with Crippen molar-refractivity contribution in [1.82, 2.24) is 4.90 Å². The predicted molar refractivity (Wildman–Crippen MR) is 99.7 cm³/mol. The first kappa shape index (κ1) is 16.6. The topological polar surface area (TPSA) is 32.7 Å². The third-order valence-electron chi connectivity index (χ3n) is 5.92. The van der Waals surface area contributed by atoms with E-state index in [1.807, 2.05) is 12.1 Å². The van der Waals surface area contributed by atoms with Gasteiger partial charge in [0.15, 0.2) is 0 Å². The summed E-state index contributed by atoms with van der Waals surface area (Å²) in [6.07, 6.45) is 4.94. The van der Waals surface area contributed by atoms with Gasteiger partial charge in [-0.2, -0.15) is 0 Å². The Morgan fingerprint density at radius 2 is 1.88 bits per heavy atom. The highest BCUT2D eigenvalue weighted by atomic mass is 16.5. The van der Waals surface area contributed by atoms with Crippen molar-refractivity contribution in [3.63, 3.8) is 0 Å². The zero-order chi connectivity index (χ0) is 17.4. The quantitative estimate of drug-likeness (QED) is 0.891. The van der Waals surface area contributed by atoms with Gasteiger partial charge in [-0.05, 0) is 68.4 Å². The largest absolute Gasteiger partial charge is 0.508 e. The van der Waals surface area contributed by atoms with Crippen LogP contribution in [-0.2, 0) is 11.2 Å². The van der Waals surface area contributed by atoms with Crippen LogP contribution in [0.15, 0.2) is 42.5 Å². The number of aryl methyl sites for hydroxylation is 3. The summed E-state index contributed by atoms with van der Waals surface area (Å²) in [5, 5.41) is 9.50. The van der Waals surface area contributed by atoms with Gasteiger partial charge in [-0.25, -0.2) is 0 Å². The first-order valence-electron chi connectivity index (χ1n) is 9.34. The molecule has 0 amide bonds. The number of aromatic hydroxyl groups is 1. The second-order valence-electron chi connectivity index (χ2n) is 7.59. The molecule has 3 heteroatoms. The van der Waals surface area contributed by atoms with Gasteiger partial charge in [0, 0.05) is 12.1 Å². The molecule has 2 aliphatic rings. The first-order valence-corrected chi connectivity index (χ1v) is 9.34. The molecule has 0 saturated carbocycles. The minimum absolute atomic E-state index is 0.145. The van der Waals surface area contributed by atoms with Crippen LogP contribution >= 0.6 is 0 Å². The number of nitrogens with zero attached hydrogens (tertiary/aromatic N) is 1. The van der Waals surface area contributed by atoms with Crippen molar-refractivity contribution in [2.45, 2.75) is 57.7 Å². The molecule has 2 aliphatic heterocycles. The normalized spacial score (nSPS) is 26.1. The third-order valence-corrected chi connectivity index (χ3v) is 5.92. The van der Waals surface area contributed by atoms with Gasteiger partial charge < -0.3 is 9.84 Å².